The Morgan fingerprint density at radius 2 is 1.63 bits per heavy atom. The van der Waals surface area contributed by atoms with E-state index in [1.54, 1.807) is 48.5 Å². The summed E-state index contributed by atoms with van der Waals surface area (Å²) in [6.07, 6.45) is -1.08. The predicted octanol–water partition coefficient (Wildman–Crippen LogP) is 4.76. The van der Waals surface area contributed by atoms with E-state index in [2.05, 4.69) is 16.0 Å². The highest BCUT2D eigenvalue weighted by molar-refractivity contribution is 7.80. The van der Waals surface area contributed by atoms with Gasteiger partial charge in [-0.2, -0.15) is 0 Å². The molecule has 1 unspecified atom stereocenters. The van der Waals surface area contributed by atoms with Crippen molar-refractivity contribution < 1.29 is 9.53 Å². The first-order valence-electron chi connectivity index (χ1n) is 7.54. The van der Waals surface area contributed by atoms with E-state index < -0.39 is 15.9 Å². The highest BCUT2D eigenvalue weighted by Crippen LogP contribution is 2.29. The number of amides is 1. The highest BCUT2D eigenvalue weighted by atomic mass is 35.6. The van der Waals surface area contributed by atoms with Gasteiger partial charge in [-0.15, -0.1) is 0 Å². The molecule has 0 aliphatic carbocycles. The SMILES string of the molecule is COc1ccc(C(=O)NC(NC(=S)Nc2ccc(Cl)cc2)C(Cl)(Cl)Cl)cc1. The molecule has 10 heteroatoms. The summed E-state index contributed by atoms with van der Waals surface area (Å²) in [7, 11) is 1.53. The molecule has 0 saturated carbocycles. The van der Waals surface area contributed by atoms with Crippen molar-refractivity contribution in [2.75, 3.05) is 12.4 Å². The summed E-state index contributed by atoms with van der Waals surface area (Å²) < 4.78 is 3.21. The van der Waals surface area contributed by atoms with Crippen molar-refractivity contribution in [3.05, 3.63) is 59.1 Å². The fourth-order valence-electron chi connectivity index (χ4n) is 1.99. The Balaban J connectivity index is 2.04. The van der Waals surface area contributed by atoms with Gasteiger partial charge in [0, 0.05) is 16.3 Å². The Labute approximate surface area is 182 Å². The molecule has 0 bridgehead atoms. The lowest BCUT2D eigenvalue weighted by Gasteiger charge is -2.27. The van der Waals surface area contributed by atoms with E-state index in [-0.39, 0.29) is 5.11 Å². The molecule has 2 rings (SSSR count). The maximum Gasteiger partial charge on any atom is 0.252 e. The third-order valence-corrected chi connectivity index (χ3v) is 4.46. The first kappa shape index (κ1) is 21.9. The number of anilines is 1. The van der Waals surface area contributed by atoms with Gasteiger partial charge in [0.2, 0.25) is 3.79 Å². The molecule has 0 spiro atoms. The molecule has 0 aromatic heterocycles. The minimum absolute atomic E-state index is 0.156. The molecule has 0 radical (unpaired) electrons. The summed E-state index contributed by atoms with van der Waals surface area (Å²) in [5.74, 6) is 0.173. The monoisotopic (exact) mass is 465 g/mol. The molecule has 1 amide bonds. The number of rotatable bonds is 5. The van der Waals surface area contributed by atoms with Crippen molar-refractivity contribution in [1.29, 1.82) is 0 Å². The van der Waals surface area contributed by atoms with Crippen LogP contribution >= 0.6 is 58.6 Å². The smallest absolute Gasteiger partial charge is 0.252 e. The molecule has 0 aliphatic rings. The van der Waals surface area contributed by atoms with Crippen molar-refractivity contribution in [2.24, 2.45) is 0 Å². The Morgan fingerprint density at radius 1 is 1.04 bits per heavy atom. The van der Waals surface area contributed by atoms with Crippen LogP contribution in [-0.2, 0) is 0 Å². The maximum atomic E-state index is 12.4. The van der Waals surface area contributed by atoms with Crippen LogP contribution < -0.4 is 20.7 Å². The summed E-state index contributed by atoms with van der Waals surface area (Å²) in [6, 6.07) is 13.3. The minimum atomic E-state index is -1.85. The molecule has 5 nitrogen and oxygen atoms in total. The van der Waals surface area contributed by atoms with Gasteiger partial charge in [-0.3, -0.25) is 4.79 Å². The second-order valence-electron chi connectivity index (χ2n) is 5.28. The number of halogens is 4. The Bertz CT molecular complexity index is 795. The third-order valence-electron chi connectivity index (χ3n) is 3.33. The van der Waals surface area contributed by atoms with E-state index in [1.807, 2.05) is 0 Å². The van der Waals surface area contributed by atoms with Gasteiger partial charge in [-0.25, -0.2) is 0 Å². The molecule has 1 atom stereocenters. The molecular formula is C17H15Cl4N3O2S. The van der Waals surface area contributed by atoms with E-state index in [9.17, 15) is 4.79 Å². The van der Waals surface area contributed by atoms with Gasteiger partial charge >= 0.3 is 0 Å². The Hall–Kier alpha value is -1.44. The van der Waals surface area contributed by atoms with Crippen LogP contribution in [0.1, 0.15) is 10.4 Å². The van der Waals surface area contributed by atoms with Crippen LogP contribution in [0.5, 0.6) is 5.75 Å². The number of alkyl halides is 3. The third kappa shape index (κ3) is 6.90. The Morgan fingerprint density at radius 3 is 2.15 bits per heavy atom. The fourth-order valence-corrected chi connectivity index (χ4v) is 2.68. The van der Waals surface area contributed by atoms with Crippen molar-refractivity contribution in [1.82, 2.24) is 10.6 Å². The van der Waals surface area contributed by atoms with E-state index in [4.69, 9.17) is 63.4 Å². The average Bonchev–Trinajstić information content (AvgIpc) is 2.62. The van der Waals surface area contributed by atoms with Crippen LogP contribution in [0.15, 0.2) is 48.5 Å². The number of benzene rings is 2. The molecule has 0 saturated heterocycles. The van der Waals surface area contributed by atoms with Crippen LogP contribution in [0.3, 0.4) is 0 Å². The van der Waals surface area contributed by atoms with E-state index in [1.165, 1.54) is 7.11 Å². The lowest BCUT2D eigenvalue weighted by Crippen LogP contribution is -2.56. The zero-order valence-corrected chi connectivity index (χ0v) is 17.8. The number of hydrogen-bond acceptors (Lipinski definition) is 3. The number of thiocarbonyl (C=S) groups is 1. The van der Waals surface area contributed by atoms with Crippen LogP contribution in [0.4, 0.5) is 5.69 Å². The molecule has 0 aliphatic heterocycles. The number of hydrogen-bond donors (Lipinski definition) is 3. The quantitative estimate of drug-likeness (QED) is 0.337. The molecule has 2 aromatic carbocycles. The standard InChI is InChI=1S/C17H15Cl4N3O2S/c1-26-13-8-2-10(3-9-13)14(25)23-15(17(19,20)21)24-16(27)22-12-6-4-11(18)5-7-12/h2-9,15H,1H3,(H,23,25)(H2,22,24,27). The van der Waals surface area contributed by atoms with Crippen LogP contribution in [-0.4, -0.2) is 28.1 Å². The molecule has 2 aromatic rings. The lowest BCUT2D eigenvalue weighted by molar-refractivity contribution is 0.0934. The van der Waals surface area contributed by atoms with Crippen molar-refractivity contribution in [3.63, 3.8) is 0 Å². The van der Waals surface area contributed by atoms with Crippen molar-refractivity contribution >= 4 is 75.3 Å². The average molecular weight is 467 g/mol. The first-order chi connectivity index (χ1) is 12.7. The second-order valence-corrected chi connectivity index (χ2v) is 8.50. The first-order valence-corrected chi connectivity index (χ1v) is 9.46. The fraction of sp³-hybridized carbons (Fsp3) is 0.176. The van der Waals surface area contributed by atoms with Gasteiger partial charge in [0.05, 0.1) is 7.11 Å². The van der Waals surface area contributed by atoms with E-state index in [0.29, 0.717) is 22.0 Å². The largest absolute Gasteiger partial charge is 0.497 e. The molecule has 27 heavy (non-hydrogen) atoms. The minimum Gasteiger partial charge on any atom is -0.497 e. The summed E-state index contributed by atoms with van der Waals surface area (Å²) >= 11 is 29.0. The number of carbonyl (C=O) groups is 1. The van der Waals surface area contributed by atoms with Crippen molar-refractivity contribution in [3.8, 4) is 5.75 Å². The zero-order valence-electron chi connectivity index (χ0n) is 13.9. The van der Waals surface area contributed by atoms with Crippen LogP contribution in [0, 0.1) is 0 Å². The lowest BCUT2D eigenvalue weighted by atomic mass is 10.2. The Kier molecular flexibility index (Phi) is 7.82. The topological polar surface area (TPSA) is 62.4 Å². The van der Waals surface area contributed by atoms with Crippen LogP contribution in [0.2, 0.25) is 5.02 Å². The van der Waals surface area contributed by atoms with Gasteiger partial charge in [0.15, 0.2) is 5.11 Å². The zero-order chi connectivity index (χ0) is 20.0. The van der Waals surface area contributed by atoms with E-state index >= 15 is 0 Å². The summed E-state index contributed by atoms with van der Waals surface area (Å²) in [5.41, 5.74) is 1.05. The van der Waals surface area contributed by atoms with Gasteiger partial charge < -0.3 is 20.7 Å². The van der Waals surface area contributed by atoms with Crippen molar-refractivity contribution in [2.45, 2.75) is 9.96 Å². The summed E-state index contributed by atoms with van der Waals surface area (Å²) in [6.45, 7) is 0. The number of methoxy groups -OCH3 is 1. The maximum absolute atomic E-state index is 12.4. The van der Waals surface area contributed by atoms with Gasteiger partial charge in [0.1, 0.15) is 11.9 Å². The summed E-state index contributed by atoms with van der Waals surface area (Å²) in [4.78, 5) is 12.4. The van der Waals surface area contributed by atoms with Gasteiger partial charge in [-0.05, 0) is 60.7 Å². The molecule has 0 heterocycles. The van der Waals surface area contributed by atoms with Gasteiger partial charge in [0.25, 0.3) is 5.91 Å². The normalized spacial score (nSPS) is 12.0. The molecular weight excluding hydrogens is 452 g/mol. The number of carbonyl (C=O) groups excluding carboxylic acids is 1. The highest BCUT2D eigenvalue weighted by Gasteiger charge is 2.34. The summed E-state index contributed by atoms with van der Waals surface area (Å²) in [5, 5.41) is 9.04. The van der Waals surface area contributed by atoms with E-state index in [0.717, 1.165) is 0 Å². The molecule has 0 fully saturated rings. The molecule has 144 valence electrons. The second kappa shape index (κ2) is 9.66. The van der Waals surface area contributed by atoms with Gasteiger partial charge in [-0.1, -0.05) is 46.4 Å². The predicted molar refractivity (Wildman–Crippen MR) is 115 cm³/mol. The number of nitrogens with one attached hydrogen (secondary N) is 3. The molecule has 3 N–H and O–H groups in total. The number of ether oxygens (including phenoxy) is 1. The van der Waals surface area contributed by atoms with Crippen LogP contribution in [0.25, 0.3) is 0 Å².